The molecule has 0 saturated heterocycles. The lowest BCUT2D eigenvalue weighted by Gasteiger charge is -2.13. The van der Waals surface area contributed by atoms with Gasteiger partial charge >= 0.3 is 0 Å². The van der Waals surface area contributed by atoms with Crippen molar-refractivity contribution in [1.29, 1.82) is 0 Å². The van der Waals surface area contributed by atoms with Gasteiger partial charge in [0.15, 0.2) is 17.3 Å². The average molecular weight is 396 g/mol. The van der Waals surface area contributed by atoms with Gasteiger partial charge in [0.05, 0.1) is 16.4 Å². The highest BCUT2D eigenvalue weighted by atomic mass is 79.9. The molecule has 0 aliphatic rings. The number of hydrogen-bond donors (Lipinski definition) is 1. The van der Waals surface area contributed by atoms with Crippen molar-refractivity contribution in [2.24, 2.45) is 0 Å². The summed E-state index contributed by atoms with van der Waals surface area (Å²) in [5, 5.41) is 0. The van der Waals surface area contributed by atoms with Gasteiger partial charge in [0, 0.05) is 12.1 Å². The van der Waals surface area contributed by atoms with Crippen molar-refractivity contribution in [3.63, 3.8) is 0 Å². The van der Waals surface area contributed by atoms with Crippen molar-refractivity contribution in [3.05, 3.63) is 52.3 Å². The summed E-state index contributed by atoms with van der Waals surface area (Å²) < 4.78 is 69.9. The van der Waals surface area contributed by atoms with Gasteiger partial charge in [-0.05, 0) is 34.1 Å². The quantitative estimate of drug-likeness (QED) is 0.849. The highest BCUT2D eigenvalue weighted by molar-refractivity contribution is 9.10. The molecule has 0 atom stereocenters. The van der Waals surface area contributed by atoms with Crippen molar-refractivity contribution in [3.8, 4) is 11.5 Å². The maximum absolute atomic E-state index is 13.6. The molecule has 0 saturated carbocycles. The summed E-state index contributed by atoms with van der Waals surface area (Å²) >= 11 is 2.91. The van der Waals surface area contributed by atoms with Gasteiger partial charge in [0.2, 0.25) is 10.0 Å². The monoisotopic (exact) mass is 395 g/mol. The summed E-state index contributed by atoms with van der Waals surface area (Å²) in [7, 11) is -3.67. The van der Waals surface area contributed by atoms with Crippen LogP contribution in [0.15, 0.2) is 34.8 Å². The Morgan fingerprint density at radius 3 is 2.32 bits per heavy atom. The van der Waals surface area contributed by atoms with Crippen molar-refractivity contribution in [2.75, 3.05) is 11.0 Å². The molecule has 0 radical (unpaired) electrons. The normalized spacial score (nSPS) is 11.3. The largest absolute Gasteiger partial charge is 0.452 e. The van der Waals surface area contributed by atoms with E-state index in [9.17, 15) is 21.6 Å². The molecule has 4 nitrogen and oxygen atoms in total. The first kappa shape index (κ1) is 16.6. The number of anilines is 1. The zero-order valence-electron chi connectivity index (χ0n) is 11.0. The summed E-state index contributed by atoms with van der Waals surface area (Å²) in [6, 6.07) is 4.56. The predicted molar refractivity (Wildman–Crippen MR) is 79.0 cm³/mol. The van der Waals surface area contributed by atoms with E-state index >= 15 is 0 Å². The van der Waals surface area contributed by atoms with Gasteiger partial charge in [-0.2, -0.15) is 0 Å². The topological polar surface area (TPSA) is 55.4 Å². The minimum atomic E-state index is -3.67. The van der Waals surface area contributed by atoms with Gasteiger partial charge in [-0.15, -0.1) is 0 Å². The predicted octanol–water partition coefficient (Wildman–Crippen LogP) is 4.03. The smallest absolute Gasteiger partial charge is 0.229 e. The van der Waals surface area contributed by atoms with Crippen molar-refractivity contribution >= 4 is 31.6 Å². The number of halogens is 4. The van der Waals surface area contributed by atoms with Gasteiger partial charge in [0.1, 0.15) is 11.6 Å². The number of sulfonamides is 1. The van der Waals surface area contributed by atoms with Crippen LogP contribution in [-0.2, 0) is 10.0 Å². The van der Waals surface area contributed by atoms with E-state index in [2.05, 4.69) is 20.7 Å². The van der Waals surface area contributed by atoms with Gasteiger partial charge in [-0.3, -0.25) is 4.72 Å². The van der Waals surface area contributed by atoms with E-state index in [1.165, 1.54) is 0 Å². The third kappa shape index (κ3) is 4.14. The summed E-state index contributed by atoms with van der Waals surface area (Å²) in [5.74, 6) is -3.19. The van der Waals surface area contributed by atoms with Gasteiger partial charge in [0.25, 0.3) is 0 Å². The Morgan fingerprint density at radius 1 is 1.05 bits per heavy atom. The Morgan fingerprint density at radius 2 is 1.73 bits per heavy atom. The lowest BCUT2D eigenvalue weighted by atomic mass is 10.3. The molecule has 0 amide bonds. The highest BCUT2D eigenvalue weighted by Crippen LogP contribution is 2.35. The molecule has 2 rings (SSSR count). The van der Waals surface area contributed by atoms with Crippen LogP contribution in [0.3, 0.4) is 0 Å². The zero-order valence-corrected chi connectivity index (χ0v) is 13.4. The minimum absolute atomic E-state index is 0.00872. The number of benzene rings is 2. The van der Waals surface area contributed by atoms with E-state index in [1.807, 2.05) is 0 Å². The Labute approximate surface area is 133 Å². The number of hydrogen-bond acceptors (Lipinski definition) is 3. The maximum Gasteiger partial charge on any atom is 0.229 e. The molecule has 1 N–H and O–H groups in total. The van der Waals surface area contributed by atoms with Crippen LogP contribution in [0.2, 0.25) is 0 Å². The van der Waals surface area contributed by atoms with Gasteiger partial charge in [-0.1, -0.05) is 0 Å². The SMILES string of the molecule is CS(=O)(=O)Nc1cc(Br)c(F)cc1Oc1ccc(F)cc1F. The fourth-order valence-electron chi connectivity index (χ4n) is 1.57. The van der Waals surface area contributed by atoms with Crippen molar-refractivity contribution in [1.82, 2.24) is 0 Å². The van der Waals surface area contributed by atoms with Gasteiger partial charge in [-0.25, -0.2) is 21.6 Å². The second-order valence-corrected chi connectivity index (χ2v) is 6.92. The lowest BCUT2D eigenvalue weighted by Crippen LogP contribution is -2.10. The Hall–Kier alpha value is -1.74. The first-order valence-electron chi connectivity index (χ1n) is 5.75. The summed E-state index contributed by atoms with van der Waals surface area (Å²) in [4.78, 5) is 0. The Bertz CT molecular complexity index is 828. The number of rotatable bonds is 4. The van der Waals surface area contributed by atoms with Crippen LogP contribution in [0.4, 0.5) is 18.9 Å². The molecule has 2 aromatic carbocycles. The van der Waals surface area contributed by atoms with Crippen molar-refractivity contribution < 1.29 is 26.3 Å². The zero-order chi connectivity index (χ0) is 16.5. The molecule has 0 aromatic heterocycles. The molecular formula is C13H9BrF3NO3S. The molecular weight excluding hydrogens is 387 g/mol. The maximum atomic E-state index is 13.6. The fourth-order valence-corrected chi connectivity index (χ4v) is 2.47. The molecule has 118 valence electrons. The molecule has 22 heavy (non-hydrogen) atoms. The number of nitrogens with one attached hydrogen (secondary N) is 1. The van der Waals surface area contributed by atoms with Crippen LogP contribution in [-0.4, -0.2) is 14.7 Å². The fraction of sp³-hybridized carbons (Fsp3) is 0.0769. The van der Waals surface area contributed by atoms with Crippen LogP contribution < -0.4 is 9.46 Å². The third-order valence-electron chi connectivity index (χ3n) is 2.43. The molecule has 0 bridgehead atoms. The molecule has 0 heterocycles. The molecule has 0 fully saturated rings. The van der Waals surface area contributed by atoms with Crippen LogP contribution >= 0.6 is 15.9 Å². The summed E-state index contributed by atoms with van der Waals surface area (Å²) in [6.45, 7) is 0. The second kappa shape index (κ2) is 6.17. The average Bonchev–Trinajstić information content (AvgIpc) is 2.37. The molecule has 0 unspecified atom stereocenters. The van der Waals surface area contributed by atoms with Crippen molar-refractivity contribution in [2.45, 2.75) is 0 Å². The van der Waals surface area contributed by atoms with Crippen LogP contribution in [0.5, 0.6) is 11.5 Å². The second-order valence-electron chi connectivity index (χ2n) is 4.31. The Balaban J connectivity index is 2.46. The third-order valence-corrected chi connectivity index (χ3v) is 3.63. The Kier molecular flexibility index (Phi) is 4.66. The van der Waals surface area contributed by atoms with E-state index in [4.69, 9.17) is 4.74 Å². The van der Waals surface area contributed by atoms with E-state index in [0.29, 0.717) is 6.07 Å². The van der Waals surface area contributed by atoms with Crippen LogP contribution in [0.25, 0.3) is 0 Å². The molecule has 0 aliphatic carbocycles. The standard InChI is InChI=1S/C13H9BrF3NO3S/c1-22(19,20)18-11-5-8(14)9(16)6-13(11)21-12-3-2-7(15)4-10(12)17/h2-6,18H,1H3. The molecule has 0 aliphatic heterocycles. The lowest BCUT2D eigenvalue weighted by molar-refractivity contribution is 0.436. The summed E-state index contributed by atoms with van der Waals surface area (Å²) in [5.41, 5.74) is -0.0977. The van der Waals surface area contributed by atoms with E-state index in [0.717, 1.165) is 30.5 Å². The van der Waals surface area contributed by atoms with Gasteiger partial charge < -0.3 is 4.74 Å². The molecule has 2 aromatic rings. The first-order valence-corrected chi connectivity index (χ1v) is 8.44. The van der Waals surface area contributed by atoms with Crippen LogP contribution in [0, 0.1) is 17.5 Å². The first-order chi connectivity index (χ1) is 10.2. The number of ether oxygens (including phenoxy) is 1. The van der Waals surface area contributed by atoms with E-state index in [-0.39, 0.29) is 21.7 Å². The van der Waals surface area contributed by atoms with E-state index in [1.54, 1.807) is 0 Å². The molecule has 9 heteroatoms. The van der Waals surface area contributed by atoms with Crippen LogP contribution in [0.1, 0.15) is 0 Å². The minimum Gasteiger partial charge on any atom is -0.452 e. The molecule has 0 spiro atoms. The highest BCUT2D eigenvalue weighted by Gasteiger charge is 2.15. The van der Waals surface area contributed by atoms with E-state index < -0.39 is 27.5 Å². The summed E-state index contributed by atoms with van der Waals surface area (Å²) in [6.07, 6.45) is 0.895.